The maximum absolute atomic E-state index is 12.1. The molecule has 5 heteroatoms. The molecule has 2 heterocycles. The third-order valence-electron chi connectivity index (χ3n) is 2.40. The van der Waals surface area contributed by atoms with Gasteiger partial charge >= 0.3 is 0 Å². The van der Waals surface area contributed by atoms with Gasteiger partial charge in [0.1, 0.15) is 5.76 Å². The zero-order chi connectivity index (χ0) is 10.1. The molecule has 0 amide bonds. The van der Waals surface area contributed by atoms with E-state index in [1.807, 2.05) is 17.9 Å². The van der Waals surface area contributed by atoms with Crippen LogP contribution >= 0.6 is 0 Å². The highest BCUT2D eigenvalue weighted by Gasteiger charge is 2.33. The second kappa shape index (κ2) is 3.65. The maximum atomic E-state index is 12.1. The fraction of sp³-hybridized carbons (Fsp3) is 0.667. The molecule has 0 unspecified atom stereocenters. The summed E-state index contributed by atoms with van der Waals surface area (Å²) in [7, 11) is 0. The topological polar surface area (TPSA) is 29.3 Å². The Kier molecular flexibility index (Phi) is 2.50. The van der Waals surface area contributed by atoms with Crippen LogP contribution in [0.25, 0.3) is 0 Å². The molecule has 1 aliphatic rings. The quantitative estimate of drug-likeness (QED) is 0.746. The van der Waals surface area contributed by atoms with E-state index in [4.69, 9.17) is 4.52 Å². The first-order chi connectivity index (χ1) is 6.65. The second-order valence-electron chi connectivity index (χ2n) is 3.72. The zero-order valence-electron chi connectivity index (χ0n) is 7.91. The van der Waals surface area contributed by atoms with Gasteiger partial charge in [0.25, 0.3) is 0 Å². The van der Waals surface area contributed by atoms with Crippen molar-refractivity contribution in [2.24, 2.45) is 5.92 Å². The van der Waals surface area contributed by atoms with Gasteiger partial charge < -0.3 is 4.52 Å². The summed E-state index contributed by atoms with van der Waals surface area (Å²) in [5, 5.41) is 3.80. The third kappa shape index (κ3) is 1.92. The number of alkyl halides is 2. The van der Waals surface area contributed by atoms with E-state index < -0.39 is 12.3 Å². The fourth-order valence-electron chi connectivity index (χ4n) is 1.62. The van der Waals surface area contributed by atoms with Crippen molar-refractivity contribution in [2.45, 2.75) is 19.9 Å². The van der Waals surface area contributed by atoms with Crippen LogP contribution in [-0.4, -0.2) is 29.6 Å². The molecule has 2 rings (SSSR count). The molecule has 0 N–H and O–H groups in total. The SMILES string of the molecule is Cc1cc(CN2CC(C(F)F)C2)no1. The van der Waals surface area contributed by atoms with Crippen molar-refractivity contribution in [2.75, 3.05) is 13.1 Å². The zero-order valence-corrected chi connectivity index (χ0v) is 7.91. The highest BCUT2D eigenvalue weighted by atomic mass is 19.3. The second-order valence-corrected chi connectivity index (χ2v) is 3.72. The van der Waals surface area contributed by atoms with Crippen LogP contribution in [0.4, 0.5) is 8.78 Å². The lowest BCUT2D eigenvalue weighted by Crippen LogP contribution is -2.49. The van der Waals surface area contributed by atoms with Gasteiger partial charge in [-0.3, -0.25) is 4.90 Å². The molecule has 0 saturated carbocycles. The first-order valence-corrected chi connectivity index (χ1v) is 4.58. The van der Waals surface area contributed by atoms with Crippen LogP contribution in [0.1, 0.15) is 11.5 Å². The summed E-state index contributed by atoms with van der Waals surface area (Å²) in [4.78, 5) is 1.94. The van der Waals surface area contributed by atoms with Crippen molar-refractivity contribution in [3.8, 4) is 0 Å². The predicted octanol–water partition coefficient (Wildman–Crippen LogP) is 1.68. The van der Waals surface area contributed by atoms with Gasteiger partial charge in [0.2, 0.25) is 6.43 Å². The predicted molar refractivity (Wildman–Crippen MR) is 46.0 cm³/mol. The summed E-state index contributed by atoms with van der Waals surface area (Å²) >= 11 is 0. The Hall–Kier alpha value is -0.970. The Balaban J connectivity index is 1.79. The average Bonchev–Trinajstić information content (AvgIpc) is 2.42. The summed E-state index contributed by atoms with van der Waals surface area (Å²) in [6.07, 6.45) is -2.19. The molecule has 1 saturated heterocycles. The van der Waals surface area contributed by atoms with E-state index in [-0.39, 0.29) is 0 Å². The number of hydrogen-bond donors (Lipinski definition) is 0. The molecule has 78 valence electrons. The Labute approximate surface area is 80.7 Å². The molecule has 0 atom stereocenters. The molecule has 14 heavy (non-hydrogen) atoms. The molecular weight excluding hydrogens is 190 g/mol. The maximum Gasteiger partial charge on any atom is 0.243 e. The first kappa shape index (κ1) is 9.58. The van der Waals surface area contributed by atoms with Gasteiger partial charge in [0.05, 0.1) is 5.69 Å². The summed E-state index contributed by atoms with van der Waals surface area (Å²) in [6, 6.07) is 1.83. The van der Waals surface area contributed by atoms with Crippen LogP contribution in [0, 0.1) is 12.8 Å². The highest BCUT2D eigenvalue weighted by Crippen LogP contribution is 2.23. The van der Waals surface area contributed by atoms with Gasteiger partial charge in [-0.25, -0.2) is 8.78 Å². The van der Waals surface area contributed by atoms with Crippen LogP contribution in [0.5, 0.6) is 0 Å². The minimum Gasteiger partial charge on any atom is -0.361 e. The van der Waals surface area contributed by atoms with E-state index >= 15 is 0 Å². The van der Waals surface area contributed by atoms with Gasteiger partial charge in [-0.05, 0) is 6.92 Å². The lowest BCUT2D eigenvalue weighted by Gasteiger charge is -2.37. The number of aromatic nitrogens is 1. The van der Waals surface area contributed by atoms with E-state index in [9.17, 15) is 8.78 Å². The van der Waals surface area contributed by atoms with E-state index in [2.05, 4.69) is 5.16 Å². The van der Waals surface area contributed by atoms with Gasteiger partial charge in [0, 0.05) is 31.6 Å². The molecule has 0 aliphatic carbocycles. The Morgan fingerprint density at radius 3 is 2.86 bits per heavy atom. The molecule has 1 aliphatic heterocycles. The number of rotatable bonds is 3. The monoisotopic (exact) mass is 202 g/mol. The average molecular weight is 202 g/mol. The van der Waals surface area contributed by atoms with Crippen molar-refractivity contribution in [1.82, 2.24) is 10.1 Å². The molecule has 1 aromatic heterocycles. The molecule has 3 nitrogen and oxygen atoms in total. The number of hydrogen-bond acceptors (Lipinski definition) is 3. The summed E-state index contributed by atoms with van der Waals surface area (Å²) < 4.78 is 29.2. The molecule has 0 radical (unpaired) electrons. The smallest absolute Gasteiger partial charge is 0.243 e. The van der Waals surface area contributed by atoms with Gasteiger partial charge in [-0.15, -0.1) is 0 Å². The molecular formula is C9H12F2N2O. The lowest BCUT2D eigenvalue weighted by molar-refractivity contribution is -0.0287. The normalized spacial score (nSPS) is 18.9. The van der Waals surface area contributed by atoms with Crippen LogP contribution < -0.4 is 0 Å². The van der Waals surface area contributed by atoms with Crippen molar-refractivity contribution in [3.05, 3.63) is 17.5 Å². The van der Waals surface area contributed by atoms with Gasteiger partial charge in [0.15, 0.2) is 0 Å². The molecule has 1 aromatic rings. The molecule has 0 bridgehead atoms. The van der Waals surface area contributed by atoms with Crippen molar-refractivity contribution in [3.63, 3.8) is 0 Å². The number of halogens is 2. The molecule has 1 fully saturated rings. The van der Waals surface area contributed by atoms with Gasteiger partial charge in [-0.1, -0.05) is 5.16 Å². The molecule has 0 aromatic carbocycles. The Morgan fingerprint density at radius 1 is 1.64 bits per heavy atom. The summed E-state index contributed by atoms with van der Waals surface area (Å²) in [5.41, 5.74) is 0.815. The summed E-state index contributed by atoms with van der Waals surface area (Å²) in [6.45, 7) is 3.35. The van der Waals surface area contributed by atoms with Crippen LogP contribution in [0.3, 0.4) is 0 Å². The molecule has 0 spiro atoms. The van der Waals surface area contributed by atoms with E-state index in [0.717, 1.165) is 11.5 Å². The lowest BCUT2D eigenvalue weighted by atomic mass is 10.0. The largest absolute Gasteiger partial charge is 0.361 e. The van der Waals surface area contributed by atoms with E-state index in [1.165, 1.54) is 0 Å². The van der Waals surface area contributed by atoms with Crippen molar-refractivity contribution >= 4 is 0 Å². The minimum absolute atomic E-state index is 0.456. The van der Waals surface area contributed by atoms with E-state index in [0.29, 0.717) is 19.6 Å². The third-order valence-corrected chi connectivity index (χ3v) is 2.40. The van der Waals surface area contributed by atoms with Crippen molar-refractivity contribution < 1.29 is 13.3 Å². The van der Waals surface area contributed by atoms with E-state index in [1.54, 1.807) is 0 Å². The Morgan fingerprint density at radius 2 is 2.36 bits per heavy atom. The Bertz CT molecular complexity index is 308. The number of likely N-dealkylation sites (tertiary alicyclic amines) is 1. The highest BCUT2D eigenvalue weighted by molar-refractivity contribution is 5.04. The fourth-order valence-corrected chi connectivity index (χ4v) is 1.62. The van der Waals surface area contributed by atoms with Gasteiger partial charge in [-0.2, -0.15) is 0 Å². The van der Waals surface area contributed by atoms with Crippen molar-refractivity contribution in [1.29, 1.82) is 0 Å². The van der Waals surface area contributed by atoms with Crippen LogP contribution in [0.2, 0.25) is 0 Å². The summed E-state index contributed by atoms with van der Waals surface area (Å²) in [5.74, 6) is 0.300. The standard InChI is InChI=1S/C9H12F2N2O/c1-6-2-8(12-14-6)5-13-3-7(4-13)9(10)11/h2,7,9H,3-5H2,1H3. The number of aryl methyl sites for hydroxylation is 1. The minimum atomic E-state index is -2.19. The van der Waals surface area contributed by atoms with Crippen LogP contribution in [-0.2, 0) is 6.54 Å². The van der Waals surface area contributed by atoms with Crippen LogP contribution in [0.15, 0.2) is 10.6 Å². The number of nitrogens with zero attached hydrogens (tertiary/aromatic N) is 2. The first-order valence-electron chi connectivity index (χ1n) is 4.58.